The van der Waals surface area contributed by atoms with Gasteiger partial charge < -0.3 is 19.3 Å². The number of ether oxygens (including phenoxy) is 3. The minimum Gasteiger partial charge on any atom is -0.394 e. The summed E-state index contributed by atoms with van der Waals surface area (Å²) in [6.07, 6.45) is -0.0364. The molecule has 0 aliphatic carbocycles. The van der Waals surface area contributed by atoms with Gasteiger partial charge in [0.1, 0.15) is 6.61 Å². The van der Waals surface area contributed by atoms with Crippen LogP contribution in [-0.2, 0) is 14.2 Å². The number of hydrogen-bond acceptors (Lipinski definition) is 4. The molecule has 2 atom stereocenters. The lowest BCUT2D eigenvalue weighted by atomic mass is 10.4. The zero-order chi connectivity index (χ0) is 10.8. The zero-order valence-corrected chi connectivity index (χ0v) is 9.23. The maximum atomic E-state index is 8.65. The largest absolute Gasteiger partial charge is 0.394 e. The van der Waals surface area contributed by atoms with Gasteiger partial charge in [-0.2, -0.15) is 0 Å². The molecule has 0 fully saturated rings. The van der Waals surface area contributed by atoms with Crippen molar-refractivity contribution in [3.63, 3.8) is 0 Å². The van der Waals surface area contributed by atoms with Crippen molar-refractivity contribution in [2.75, 3.05) is 26.4 Å². The molecule has 4 nitrogen and oxygen atoms in total. The lowest BCUT2D eigenvalue weighted by molar-refractivity contribution is -0.0145. The Balaban J connectivity index is 3.13. The zero-order valence-electron chi connectivity index (χ0n) is 9.23. The van der Waals surface area contributed by atoms with E-state index in [1.165, 1.54) is 0 Å². The van der Waals surface area contributed by atoms with Crippen LogP contribution in [0.25, 0.3) is 0 Å². The van der Waals surface area contributed by atoms with Crippen molar-refractivity contribution in [2.45, 2.75) is 33.0 Å². The quantitative estimate of drug-likeness (QED) is 0.570. The lowest BCUT2D eigenvalue weighted by Gasteiger charge is -2.12. The highest BCUT2D eigenvalue weighted by molar-refractivity contribution is 4.54. The molecule has 0 amide bonds. The van der Waals surface area contributed by atoms with Crippen molar-refractivity contribution < 1.29 is 19.3 Å². The summed E-state index contributed by atoms with van der Waals surface area (Å²) in [7, 11) is 0. The molecule has 1 N–H and O–H groups in total. The fourth-order valence-corrected chi connectivity index (χ4v) is 0.841. The first-order valence-electron chi connectivity index (χ1n) is 4.98. The van der Waals surface area contributed by atoms with Crippen molar-refractivity contribution in [1.29, 1.82) is 0 Å². The SMILES string of the molecule is CCOC(C)CO[CH]COC(C)CO. The van der Waals surface area contributed by atoms with E-state index in [9.17, 15) is 0 Å². The van der Waals surface area contributed by atoms with Crippen LogP contribution in [0.15, 0.2) is 0 Å². The Morgan fingerprint density at radius 3 is 2.50 bits per heavy atom. The van der Waals surface area contributed by atoms with Gasteiger partial charge in [0.2, 0.25) is 0 Å². The van der Waals surface area contributed by atoms with Crippen molar-refractivity contribution in [1.82, 2.24) is 0 Å². The van der Waals surface area contributed by atoms with Crippen molar-refractivity contribution in [3.05, 3.63) is 6.61 Å². The van der Waals surface area contributed by atoms with Gasteiger partial charge in [-0.05, 0) is 20.8 Å². The number of aliphatic hydroxyl groups is 1. The van der Waals surface area contributed by atoms with Crippen LogP contribution in [0.3, 0.4) is 0 Å². The van der Waals surface area contributed by atoms with E-state index in [2.05, 4.69) is 0 Å². The highest BCUT2D eigenvalue weighted by Crippen LogP contribution is 1.95. The minimum atomic E-state index is -0.140. The molecule has 0 aromatic heterocycles. The molecule has 0 saturated heterocycles. The Labute approximate surface area is 86.2 Å². The summed E-state index contributed by atoms with van der Waals surface area (Å²) >= 11 is 0. The summed E-state index contributed by atoms with van der Waals surface area (Å²) in [6.45, 7) is 8.94. The van der Waals surface area contributed by atoms with Crippen molar-refractivity contribution >= 4 is 0 Å². The van der Waals surface area contributed by atoms with Gasteiger partial charge in [0, 0.05) is 6.61 Å². The summed E-state index contributed by atoms with van der Waals surface area (Å²) in [6, 6.07) is 0. The van der Waals surface area contributed by atoms with Crippen LogP contribution in [0.2, 0.25) is 0 Å². The lowest BCUT2D eigenvalue weighted by Crippen LogP contribution is -2.18. The number of aliphatic hydroxyl groups excluding tert-OH is 1. The molecular formula is C10H21O4. The molecule has 4 heteroatoms. The van der Waals surface area contributed by atoms with Gasteiger partial charge in [-0.3, -0.25) is 0 Å². The average Bonchev–Trinajstić information content (AvgIpc) is 2.17. The second-order valence-electron chi connectivity index (χ2n) is 3.09. The molecule has 0 bridgehead atoms. The van der Waals surface area contributed by atoms with E-state index >= 15 is 0 Å². The van der Waals surface area contributed by atoms with E-state index in [0.717, 1.165) is 0 Å². The monoisotopic (exact) mass is 205 g/mol. The first kappa shape index (κ1) is 13.8. The summed E-state index contributed by atoms with van der Waals surface area (Å²) < 4.78 is 15.6. The van der Waals surface area contributed by atoms with Gasteiger partial charge in [0.25, 0.3) is 0 Å². The second kappa shape index (κ2) is 9.40. The highest BCUT2D eigenvalue weighted by Gasteiger charge is 2.02. The average molecular weight is 205 g/mol. The van der Waals surface area contributed by atoms with Gasteiger partial charge >= 0.3 is 0 Å². The Morgan fingerprint density at radius 1 is 1.21 bits per heavy atom. The summed E-state index contributed by atoms with van der Waals surface area (Å²) in [5, 5.41) is 8.65. The molecule has 0 spiro atoms. The molecule has 0 heterocycles. The van der Waals surface area contributed by atoms with E-state index in [-0.39, 0.29) is 18.8 Å². The Morgan fingerprint density at radius 2 is 1.93 bits per heavy atom. The van der Waals surface area contributed by atoms with Gasteiger partial charge in [0.05, 0.1) is 32.0 Å². The number of hydrogen-bond donors (Lipinski definition) is 1. The Bertz CT molecular complexity index is 119. The fourth-order valence-electron chi connectivity index (χ4n) is 0.841. The predicted octanol–water partition coefficient (Wildman–Crippen LogP) is 0.987. The normalized spacial score (nSPS) is 15.4. The first-order valence-corrected chi connectivity index (χ1v) is 4.98. The summed E-state index contributed by atoms with van der Waals surface area (Å²) in [5.41, 5.74) is 0. The molecular weight excluding hydrogens is 184 g/mol. The minimum absolute atomic E-state index is 0.0309. The van der Waals surface area contributed by atoms with Crippen LogP contribution < -0.4 is 0 Å². The van der Waals surface area contributed by atoms with Crippen LogP contribution in [-0.4, -0.2) is 43.7 Å². The fraction of sp³-hybridized carbons (Fsp3) is 0.900. The van der Waals surface area contributed by atoms with E-state index in [0.29, 0.717) is 19.8 Å². The maximum Gasteiger partial charge on any atom is 0.109 e. The Hall–Kier alpha value is -0.160. The summed E-state index contributed by atoms with van der Waals surface area (Å²) in [5.74, 6) is 0. The van der Waals surface area contributed by atoms with Gasteiger partial charge in [0.15, 0.2) is 0 Å². The predicted molar refractivity (Wildman–Crippen MR) is 53.8 cm³/mol. The van der Waals surface area contributed by atoms with Crippen LogP contribution in [0.1, 0.15) is 20.8 Å². The maximum absolute atomic E-state index is 8.65. The van der Waals surface area contributed by atoms with Crippen LogP contribution in [0.4, 0.5) is 0 Å². The Kier molecular flexibility index (Phi) is 9.29. The third-order valence-electron chi connectivity index (χ3n) is 1.61. The third kappa shape index (κ3) is 8.44. The molecule has 0 aromatic rings. The third-order valence-corrected chi connectivity index (χ3v) is 1.61. The summed E-state index contributed by atoms with van der Waals surface area (Å²) in [4.78, 5) is 0. The van der Waals surface area contributed by atoms with Gasteiger partial charge in [-0.1, -0.05) is 0 Å². The highest BCUT2D eigenvalue weighted by atomic mass is 16.6. The van der Waals surface area contributed by atoms with Crippen LogP contribution in [0, 0.1) is 6.61 Å². The molecule has 1 radical (unpaired) electrons. The van der Waals surface area contributed by atoms with Crippen molar-refractivity contribution in [3.8, 4) is 0 Å². The van der Waals surface area contributed by atoms with E-state index in [1.807, 2.05) is 13.8 Å². The van der Waals surface area contributed by atoms with Gasteiger partial charge in [-0.15, -0.1) is 0 Å². The molecule has 14 heavy (non-hydrogen) atoms. The number of rotatable bonds is 9. The topological polar surface area (TPSA) is 47.9 Å². The van der Waals surface area contributed by atoms with Crippen molar-refractivity contribution in [2.24, 2.45) is 0 Å². The molecule has 85 valence electrons. The van der Waals surface area contributed by atoms with Crippen LogP contribution >= 0.6 is 0 Å². The van der Waals surface area contributed by atoms with E-state index in [4.69, 9.17) is 19.3 Å². The van der Waals surface area contributed by atoms with Gasteiger partial charge in [-0.25, -0.2) is 0 Å². The smallest absolute Gasteiger partial charge is 0.109 e. The molecule has 0 aromatic carbocycles. The first-order chi connectivity index (χ1) is 6.70. The van der Waals surface area contributed by atoms with E-state index < -0.39 is 0 Å². The molecule has 0 rings (SSSR count). The van der Waals surface area contributed by atoms with E-state index in [1.54, 1.807) is 13.5 Å². The standard InChI is InChI=1S/C10H21O4/c1-4-13-10(3)8-12-5-6-14-9(2)7-11/h5,9-11H,4,6-8H2,1-3H3. The van der Waals surface area contributed by atoms with Crippen LogP contribution in [0.5, 0.6) is 0 Å². The molecule has 2 unspecified atom stereocenters. The second-order valence-corrected chi connectivity index (χ2v) is 3.09. The molecule has 0 aliphatic rings. The molecule has 0 saturated carbocycles. The molecule has 0 aliphatic heterocycles.